The van der Waals surface area contributed by atoms with Gasteiger partial charge in [0, 0.05) is 0 Å². The van der Waals surface area contributed by atoms with Crippen LogP contribution in [0.15, 0.2) is 0 Å². The zero-order chi connectivity index (χ0) is 14.2. The molecule has 116 valence electrons. The summed E-state index contributed by atoms with van der Waals surface area (Å²) in [6.07, 6.45) is 18.3. The van der Waals surface area contributed by atoms with Gasteiger partial charge in [0.25, 0.3) is 0 Å². The molecule has 0 saturated heterocycles. The van der Waals surface area contributed by atoms with Crippen LogP contribution in [0.3, 0.4) is 0 Å². The Morgan fingerprint density at radius 2 is 0.850 bits per heavy atom. The minimum absolute atomic E-state index is 0. The molecule has 0 bridgehead atoms. The van der Waals surface area contributed by atoms with Gasteiger partial charge in [-0.1, -0.05) is 113 Å². The fourth-order valence-electron chi connectivity index (χ4n) is 2.41. The van der Waals surface area contributed by atoms with Crippen LogP contribution in [0, 0.1) is 0 Å². The van der Waals surface area contributed by atoms with Gasteiger partial charge < -0.3 is 8.42 Å². The molecule has 0 N–H and O–H groups in total. The summed E-state index contributed by atoms with van der Waals surface area (Å²) in [6, 6.07) is 0. The van der Waals surface area contributed by atoms with Crippen molar-refractivity contribution in [2.45, 2.75) is 96.8 Å². The Kier molecular flexibility index (Phi) is 23.2. The van der Waals surface area contributed by atoms with Crippen LogP contribution in [0.2, 0.25) is 0 Å². The summed E-state index contributed by atoms with van der Waals surface area (Å²) in [4.78, 5) is 0. The Bertz CT molecular complexity index is 235. The van der Waals surface area contributed by atoms with Crippen molar-refractivity contribution in [2.75, 3.05) is 5.75 Å². The number of rotatable bonds is 15. The molecule has 4 heteroatoms. The van der Waals surface area contributed by atoms with Crippen LogP contribution in [0.4, 0.5) is 0 Å². The monoisotopic (exact) mass is 312 g/mol. The molecule has 0 fully saturated rings. The predicted molar refractivity (Wildman–Crippen MR) is 83.9 cm³/mol. The van der Waals surface area contributed by atoms with E-state index in [1.54, 1.807) is 0 Å². The van der Waals surface area contributed by atoms with Crippen molar-refractivity contribution in [2.24, 2.45) is 0 Å². The summed E-state index contributed by atoms with van der Waals surface area (Å²) < 4.78 is 20.6. The van der Waals surface area contributed by atoms with Crippen molar-refractivity contribution >= 4 is 10.7 Å². The molecule has 0 amide bonds. The Morgan fingerprint density at radius 1 is 0.550 bits per heavy atom. The van der Waals surface area contributed by atoms with E-state index in [1.807, 2.05) is 0 Å². The molecular weight excluding hydrogens is 279 g/mol. The molecule has 0 spiro atoms. The van der Waals surface area contributed by atoms with E-state index in [9.17, 15) is 8.42 Å². The number of hydrogen-bond acceptors (Lipinski definition) is 3. The molecule has 0 aromatic heterocycles. The van der Waals surface area contributed by atoms with Gasteiger partial charge in [-0.15, -0.1) is 0 Å². The third kappa shape index (κ3) is 21.3. The van der Waals surface area contributed by atoms with Crippen molar-refractivity contribution in [1.82, 2.24) is 0 Å². The quantitative estimate of drug-likeness (QED) is 0.265. The van der Waals surface area contributed by atoms with E-state index in [-0.39, 0.29) is 29.6 Å². The van der Waals surface area contributed by atoms with Gasteiger partial charge in [-0.2, -0.15) is 0 Å². The zero-order valence-electron chi connectivity index (χ0n) is 13.8. The van der Waals surface area contributed by atoms with Crippen molar-refractivity contribution in [1.29, 1.82) is 0 Å². The van der Waals surface area contributed by atoms with Crippen LogP contribution < -0.4 is 29.6 Å². The summed E-state index contributed by atoms with van der Waals surface area (Å²) in [6.45, 7) is 2.26. The fourth-order valence-corrected chi connectivity index (χ4v) is 2.85. The second-order valence-corrected chi connectivity index (χ2v) is 6.62. The van der Waals surface area contributed by atoms with E-state index < -0.39 is 10.7 Å². The number of unbranched alkanes of at least 4 members (excludes halogenated alkanes) is 13. The van der Waals surface area contributed by atoms with Gasteiger partial charge >= 0.3 is 29.6 Å². The van der Waals surface area contributed by atoms with E-state index in [4.69, 9.17) is 0 Å². The van der Waals surface area contributed by atoms with E-state index in [1.165, 1.54) is 77.0 Å². The SMILES string of the molecule is CCCCCCCCCCCCCCCC[S-](=O)=O.[Na+]. The summed E-state index contributed by atoms with van der Waals surface area (Å²) in [5, 5.41) is 0. The first kappa shape index (κ1) is 23.2. The Hall–Kier alpha value is 0.950. The van der Waals surface area contributed by atoms with Crippen molar-refractivity contribution < 1.29 is 38.0 Å². The maximum atomic E-state index is 10.3. The van der Waals surface area contributed by atoms with Crippen LogP contribution in [-0.4, -0.2) is 5.75 Å². The average molecular weight is 312 g/mol. The van der Waals surface area contributed by atoms with Gasteiger partial charge in [-0.3, -0.25) is 0 Å². The third-order valence-electron chi connectivity index (χ3n) is 3.66. The smallest absolute Gasteiger partial charge is 0.424 e. The first-order valence-electron chi connectivity index (χ1n) is 8.33. The van der Waals surface area contributed by atoms with E-state index >= 15 is 0 Å². The molecule has 0 radical (unpaired) electrons. The molecule has 0 aliphatic heterocycles. The van der Waals surface area contributed by atoms with Gasteiger partial charge in [0.2, 0.25) is 0 Å². The van der Waals surface area contributed by atoms with E-state index in [0.29, 0.717) is 5.75 Å². The fraction of sp³-hybridized carbons (Fsp3) is 1.00. The van der Waals surface area contributed by atoms with Crippen LogP contribution in [-0.2, 0) is 19.1 Å². The molecular formula is C16H33NaO2S. The molecule has 0 heterocycles. The normalized spacial score (nSPS) is 10.7. The summed E-state index contributed by atoms with van der Waals surface area (Å²) in [5.41, 5.74) is 0. The minimum Gasteiger partial charge on any atom is -0.424 e. The molecule has 0 aromatic rings. The Morgan fingerprint density at radius 3 is 1.15 bits per heavy atom. The molecule has 2 nitrogen and oxygen atoms in total. The van der Waals surface area contributed by atoms with E-state index in [0.717, 1.165) is 12.8 Å². The standard InChI is InChI=1S/C16H33O2S.Na/c1-2-3-4-5-6-7-8-9-10-11-12-13-14-15-16-19(17)18;/h2-16H2,1H3;/q-1;+1. The van der Waals surface area contributed by atoms with Crippen LogP contribution in [0.1, 0.15) is 96.8 Å². The van der Waals surface area contributed by atoms with Crippen molar-refractivity contribution in [3.63, 3.8) is 0 Å². The Balaban J connectivity index is 0. The molecule has 0 aliphatic rings. The van der Waals surface area contributed by atoms with Gasteiger partial charge in [-0.25, -0.2) is 0 Å². The summed E-state index contributed by atoms with van der Waals surface area (Å²) >= 11 is 0. The van der Waals surface area contributed by atoms with Gasteiger partial charge in [0.1, 0.15) is 0 Å². The largest absolute Gasteiger partial charge is 1.00 e. The summed E-state index contributed by atoms with van der Waals surface area (Å²) in [5.74, 6) is 0.345. The second kappa shape index (κ2) is 19.9. The molecule has 0 atom stereocenters. The van der Waals surface area contributed by atoms with Gasteiger partial charge in [-0.05, 0) is 0 Å². The van der Waals surface area contributed by atoms with Crippen LogP contribution >= 0.6 is 0 Å². The first-order chi connectivity index (χ1) is 9.27. The molecule has 0 rings (SSSR count). The maximum Gasteiger partial charge on any atom is 1.00 e. The maximum absolute atomic E-state index is 10.3. The topological polar surface area (TPSA) is 34.1 Å². The predicted octanol–water partition coefficient (Wildman–Crippen LogP) is 2.78. The molecule has 0 unspecified atom stereocenters. The van der Waals surface area contributed by atoms with Gasteiger partial charge in [0.15, 0.2) is 0 Å². The van der Waals surface area contributed by atoms with Gasteiger partial charge in [0.05, 0.1) is 0 Å². The van der Waals surface area contributed by atoms with Crippen molar-refractivity contribution in [3.05, 3.63) is 0 Å². The zero-order valence-corrected chi connectivity index (χ0v) is 16.6. The molecule has 0 aromatic carbocycles. The third-order valence-corrected chi connectivity index (χ3v) is 4.29. The second-order valence-electron chi connectivity index (χ2n) is 5.60. The average Bonchev–Trinajstić information content (AvgIpc) is 2.39. The van der Waals surface area contributed by atoms with Crippen molar-refractivity contribution in [3.8, 4) is 0 Å². The first-order valence-corrected chi connectivity index (χ1v) is 9.57. The number of hydrogen-bond donors (Lipinski definition) is 0. The van der Waals surface area contributed by atoms with Crippen LogP contribution in [0.5, 0.6) is 0 Å². The van der Waals surface area contributed by atoms with Crippen LogP contribution in [0.25, 0.3) is 0 Å². The molecule has 0 aliphatic carbocycles. The summed E-state index contributed by atoms with van der Waals surface area (Å²) in [7, 11) is -1.83. The van der Waals surface area contributed by atoms with E-state index in [2.05, 4.69) is 6.92 Å². The molecule has 20 heavy (non-hydrogen) atoms. The minimum atomic E-state index is -1.83. The molecule has 0 saturated carbocycles. The Labute approximate surface area is 150 Å².